The monoisotopic (exact) mass is 695 g/mol. The lowest BCUT2D eigenvalue weighted by Crippen LogP contribution is -2.53. The molecule has 6 bridgehead atoms. The summed E-state index contributed by atoms with van der Waals surface area (Å²) >= 11 is 0. The number of rotatable bonds is 0. The molecule has 0 unspecified atom stereocenters. The predicted molar refractivity (Wildman–Crippen MR) is 209 cm³/mol. The summed E-state index contributed by atoms with van der Waals surface area (Å²) in [5.41, 5.74) is 7.21. The van der Waals surface area contributed by atoms with Gasteiger partial charge in [0.25, 0.3) is 0 Å². The van der Waals surface area contributed by atoms with Crippen LogP contribution in [0.3, 0.4) is 0 Å². The Kier molecular flexibility index (Phi) is 8.84. The van der Waals surface area contributed by atoms with Gasteiger partial charge < -0.3 is 10.4 Å². The number of hydrogen-bond donors (Lipinski definition) is 2. The van der Waals surface area contributed by atoms with Crippen LogP contribution in [-0.4, -0.2) is 21.6 Å². The van der Waals surface area contributed by atoms with Gasteiger partial charge in [-0.3, -0.25) is 0 Å². The molecule has 0 radical (unpaired) electrons. The van der Waals surface area contributed by atoms with Gasteiger partial charge in [0, 0.05) is 23.1 Å². The van der Waals surface area contributed by atoms with Crippen molar-refractivity contribution >= 4 is 21.6 Å². The normalized spacial score (nSPS) is 41.5. The lowest BCUT2D eigenvalue weighted by molar-refractivity contribution is -0.0869. The Labute approximate surface area is 305 Å². The number of nitrogens with one attached hydrogen (secondary N) is 1. The summed E-state index contributed by atoms with van der Waals surface area (Å²) in [6.07, 6.45) is 29.1. The van der Waals surface area contributed by atoms with Crippen molar-refractivity contribution in [1.82, 2.24) is 5.32 Å². The minimum atomic E-state index is 0.157. The zero-order chi connectivity index (χ0) is 33.3. The third-order valence-corrected chi connectivity index (χ3v) is 18.8. The van der Waals surface area contributed by atoms with Crippen LogP contribution >= 0.6 is 21.6 Å². The van der Waals surface area contributed by atoms with Gasteiger partial charge >= 0.3 is 0 Å². The van der Waals surface area contributed by atoms with Gasteiger partial charge in [0.05, 0.1) is 0 Å². The maximum Gasteiger partial charge on any atom is 0.116 e. The third kappa shape index (κ3) is 6.49. The van der Waals surface area contributed by atoms with Crippen molar-refractivity contribution in [3.8, 4) is 5.75 Å². The standard InChI is InChI=1S/C45H61NOS2/c1-31-8-7-14-45(25-31)29-44(17-16-43(28-44)12-5-6-13-43)26-39-36-20-33-18-32(21-38(47)22-33)19-34-9-3-4-10-35(34)27-46-42(2)15-11-41(49-48-30-42)37(23-36)24-40(39)45/h3-4,7,9-10,14,18,21-22,31,36-37,39-41,46-47H,5-6,8,11-13,15-17,19-20,23-30H2,1-2H3/t31-,36-,37-,39-,40+,41-,42+,44+,45-/m0/s1. The molecule has 2 nitrogen and oxygen atoms in total. The van der Waals surface area contributed by atoms with Gasteiger partial charge in [-0.15, -0.1) is 0 Å². The maximum absolute atomic E-state index is 11.2. The molecule has 2 N–H and O–H groups in total. The Bertz CT molecular complexity index is 1560. The Morgan fingerprint density at radius 3 is 2.53 bits per heavy atom. The zero-order valence-electron chi connectivity index (χ0n) is 30.4. The Morgan fingerprint density at radius 1 is 0.857 bits per heavy atom. The second-order valence-electron chi connectivity index (χ2n) is 19.2. The smallest absolute Gasteiger partial charge is 0.116 e. The number of benzene rings is 2. The highest BCUT2D eigenvalue weighted by Crippen LogP contribution is 2.71. The maximum atomic E-state index is 11.2. The Morgan fingerprint density at radius 2 is 1.67 bits per heavy atom. The number of fused-ring (bicyclic) bond motifs is 12. The van der Waals surface area contributed by atoms with Gasteiger partial charge in [-0.25, -0.2) is 0 Å². The lowest BCUT2D eigenvalue weighted by Gasteiger charge is -2.61. The molecule has 0 amide bonds. The second kappa shape index (κ2) is 12.9. The molecule has 2 aromatic carbocycles. The summed E-state index contributed by atoms with van der Waals surface area (Å²) in [6, 6.07) is 15.7. The highest BCUT2D eigenvalue weighted by Gasteiger charge is 2.61. The molecule has 1 saturated heterocycles. The summed E-state index contributed by atoms with van der Waals surface area (Å²) in [5, 5.41) is 16.0. The van der Waals surface area contributed by atoms with Crippen molar-refractivity contribution in [2.45, 2.75) is 140 Å². The van der Waals surface area contributed by atoms with E-state index in [4.69, 9.17) is 0 Å². The first kappa shape index (κ1) is 33.5. The van der Waals surface area contributed by atoms with Crippen molar-refractivity contribution < 1.29 is 5.11 Å². The van der Waals surface area contributed by atoms with Gasteiger partial charge in [-0.2, -0.15) is 0 Å². The molecule has 2 aromatic rings. The molecule has 7 aliphatic rings. The lowest BCUT2D eigenvalue weighted by atomic mass is 9.44. The van der Waals surface area contributed by atoms with Crippen LogP contribution in [0.25, 0.3) is 0 Å². The van der Waals surface area contributed by atoms with E-state index in [1.165, 1.54) is 124 Å². The highest BCUT2D eigenvalue weighted by atomic mass is 33.1. The fourth-order valence-corrected chi connectivity index (χ4v) is 17.1. The number of phenolic OH excluding ortho intramolecular Hbond substituents is 1. The topological polar surface area (TPSA) is 32.3 Å². The average Bonchev–Trinajstić information content (AvgIpc) is 3.61. The van der Waals surface area contributed by atoms with Gasteiger partial charge in [-0.05, 0) is 183 Å². The number of phenols is 1. The van der Waals surface area contributed by atoms with E-state index in [9.17, 15) is 5.11 Å². The van der Waals surface area contributed by atoms with Crippen LogP contribution in [0.15, 0.2) is 54.6 Å². The van der Waals surface area contributed by atoms with Crippen LogP contribution in [0.4, 0.5) is 0 Å². The van der Waals surface area contributed by atoms with Crippen molar-refractivity contribution in [2.75, 3.05) is 5.75 Å². The van der Waals surface area contributed by atoms with Gasteiger partial charge in [0.2, 0.25) is 0 Å². The van der Waals surface area contributed by atoms with Crippen molar-refractivity contribution in [3.63, 3.8) is 0 Å². The Balaban J connectivity index is 1.13. The predicted octanol–water partition coefficient (Wildman–Crippen LogP) is 11.7. The van der Waals surface area contributed by atoms with Crippen LogP contribution in [0.1, 0.15) is 132 Å². The largest absolute Gasteiger partial charge is 0.508 e. The van der Waals surface area contributed by atoms with Crippen molar-refractivity contribution in [2.24, 2.45) is 45.8 Å². The van der Waals surface area contributed by atoms with Crippen LogP contribution in [-0.2, 0) is 19.4 Å². The molecule has 9 rings (SSSR count). The van der Waals surface area contributed by atoms with E-state index in [0.29, 0.717) is 27.9 Å². The molecule has 264 valence electrons. The molecular formula is C45H61NOS2. The number of allylic oxidation sites excluding steroid dienone is 2. The molecule has 5 aliphatic carbocycles. The average molecular weight is 696 g/mol. The fraction of sp³-hybridized carbons (Fsp3) is 0.689. The molecule has 0 aromatic heterocycles. The molecule has 4 heteroatoms. The quantitative estimate of drug-likeness (QED) is 0.212. The Hall–Kier alpha value is -1.36. The molecule has 9 atom stereocenters. The van der Waals surface area contributed by atoms with Gasteiger partial charge in [0.1, 0.15) is 5.75 Å². The third-order valence-electron chi connectivity index (χ3n) is 15.5. The van der Waals surface area contributed by atoms with E-state index in [0.717, 1.165) is 48.3 Å². The van der Waals surface area contributed by atoms with Crippen LogP contribution in [0.2, 0.25) is 0 Å². The molecule has 49 heavy (non-hydrogen) atoms. The first-order valence-corrected chi connectivity index (χ1v) is 22.7. The SMILES string of the molecule is C[C@H]1CC=C[C@]2(C1)C[C@]1(CCC3(CCCC3)C1)C[C@H]1[C@H]3Cc4cc(O)cc(c4)Cc4ccccc4CN[C@]4(C)CC[C@H](SSC4)[C@@H](C3)C[C@H]12. The molecule has 3 spiro atoms. The summed E-state index contributed by atoms with van der Waals surface area (Å²) in [6.45, 7) is 5.98. The van der Waals surface area contributed by atoms with E-state index >= 15 is 0 Å². The fourth-order valence-electron chi connectivity index (χ4n) is 13.5. The van der Waals surface area contributed by atoms with Crippen LogP contribution < -0.4 is 5.32 Å². The van der Waals surface area contributed by atoms with Gasteiger partial charge in [0.15, 0.2) is 0 Å². The van der Waals surface area contributed by atoms with Crippen LogP contribution in [0, 0.1) is 45.8 Å². The van der Waals surface area contributed by atoms with Gasteiger partial charge in [-0.1, -0.05) is 83.8 Å². The van der Waals surface area contributed by atoms with Crippen molar-refractivity contribution in [1.29, 1.82) is 0 Å². The van der Waals surface area contributed by atoms with E-state index in [-0.39, 0.29) is 5.54 Å². The summed E-state index contributed by atoms with van der Waals surface area (Å²) in [7, 11) is 4.44. The summed E-state index contributed by atoms with van der Waals surface area (Å²) < 4.78 is 0. The van der Waals surface area contributed by atoms with E-state index in [1.54, 1.807) is 0 Å². The second-order valence-corrected chi connectivity index (χ2v) is 21.8. The van der Waals surface area contributed by atoms with E-state index in [2.05, 4.69) is 89.3 Å². The minimum absolute atomic E-state index is 0.157. The highest BCUT2D eigenvalue weighted by molar-refractivity contribution is 8.77. The summed E-state index contributed by atoms with van der Waals surface area (Å²) in [4.78, 5) is 0. The molecular weight excluding hydrogens is 635 g/mol. The van der Waals surface area contributed by atoms with Crippen LogP contribution in [0.5, 0.6) is 5.75 Å². The molecule has 5 fully saturated rings. The molecule has 2 aliphatic heterocycles. The zero-order valence-corrected chi connectivity index (χ0v) is 32.0. The number of hydrogen-bond acceptors (Lipinski definition) is 4. The first-order chi connectivity index (χ1) is 23.7. The molecule has 4 saturated carbocycles. The minimum Gasteiger partial charge on any atom is -0.508 e. The molecule has 2 heterocycles. The van der Waals surface area contributed by atoms with E-state index < -0.39 is 0 Å². The number of aromatic hydroxyl groups is 1. The van der Waals surface area contributed by atoms with E-state index in [1.807, 2.05) is 6.07 Å². The summed E-state index contributed by atoms with van der Waals surface area (Å²) in [5.74, 6) is 5.55. The first-order valence-electron chi connectivity index (χ1n) is 20.3. The van der Waals surface area contributed by atoms with Crippen molar-refractivity contribution in [3.05, 3.63) is 76.9 Å².